The predicted octanol–water partition coefficient (Wildman–Crippen LogP) is 1.64. The number of primary amides is 1. The van der Waals surface area contributed by atoms with Crippen molar-refractivity contribution in [1.29, 1.82) is 0 Å². The van der Waals surface area contributed by atoms with Crippen molar-refractivity contribution in [2.24, 2.45) is 5.73 Å². The molecular weight excluding hydrogens is 215 g/mol. The number of halogens is 3. The van der Waals surface area contributed by atoms with E-state index in [0.717, 1.165) is 0 Å². The first-order chi connectivity index (χ1) is 5.90. The molecule has 3 nitrogen and oxygen atoms in total. The lowest BCUT2D eigenvalue weighted by Gasteiger charge is -2.34. The van der Waals surface area contributed by atoms with Crippen LogP contribution in [0.25, 0.3) is 0 Å². The number of carbonyl (C=O) groups excluding carboxylic acids is 1. The van der Waals surface area contributed by atoms with Crippen LogP contribution in [0.4, 0.5) is 13.2 Å². The van der Waals surface area contributed by atoms with Gasteiger partial charge in [-0.3, -0.25) is 4.79 Å². The molecule has 0 bridgehead atoms. The lowest BCUT2D eigenvalue weighted by molar-refractivity contribution is -0.237. The van der Waals surface area contributed by atoms with Crippen molar-refractivity contribution < 1.29 is 22.4 Å². The van der Waals surface area contributed by atoms with E-state index in [4.69, 9.17) is 10.2 Å². The molecule has 0 spiro atoms. The van der Waals surface area contributed by atoms with Crippen LogP contribution in [0.3, 0.4) is 0 Å². The molecule has 0 aromatic carbocycles. The summed E-state index contributed by atoms with van der Waals surface area (Å²) in [4.78, 5) is 10.7. The lowest BCUT2D eigenvalue weighted by atomic mass is 10.1. The van der Waals surface area contributed by atoms with Crippen molar-refractivity contribution in [3.8, 4) is 0 Å². The number of hydrogen-bond acceptors (Lipinski definition) is 2. The average Bonchev–Trinajstić information content (AvgIpc) is 1.79. The van der Waals surface area contributed by atoms with Crippen LogP contribution in [0, 0.1) is 0 Å². The topological polar surface area (TPSA) is 52.3 Å². The van der Waals surface area contributed by atoms with E-state index >= 15 is 0 Å². The van der Waals surface area contributed by atoms with Crippen LogP contribution in [0.5, 0.6) is 0 Å². The maximum absolute atomic E-state index is 12.5. The molecule has 0 radical (unpaired) electrons. The Morgan fingerprint density at radius 2 is 1.64 bits per heavy atom. The zero-order valence-electron chi connectivity index (χ0n) is 8.53. The van der Waals surface area contributed by atoms with Crippen LogP contribution in [0.2, 0.25) is 19.6 Å². The molecule has 0 heterocycles. The molecule has 0 saturated heterocycles. The highest BCUT2D eigenvalue weighted by Crippen LogP contribution is 2.35. The SMILES string of the molecule is CC(O[Si](C)(C)C)(C(N)=O)C(F)(F)F. The summed E-state index contributed by atoms with van der Waals surface area (Å²) in [5.74, 6) is -1.51. The van der Waals surface area contributed by atoms with E-state index < -0.39 is 26.0 Å². The summed E-state index contributed by atoms with van der Waals surface area (Å²) in [7, 11) is -2.49. The average molecular weight is 229 g/mol. The van der Waals surface area contributed by atoms with Crippen LogP contribution in [-0.2, 0) is 9.22 Å². The summed E-state index contributed by atoms with van der Waals surface area (Å²) in [5.41, 5.74) is 1.83. The molecule has 0 aliphatic rings. The second kappa shape index (κ2) is 3.54. The Hall–Kier alpha value is -0.563. The van der Waals surface area contributed by atoms with Crippen molar-refractivity contribution in [3.63, 3.8) is 0 Å². The van der Waals surface area contributed by atoms with Gasteiger partial charge in [-0.2, -0.15) is 13.2 Å². The third-order valence-corrected chi connectivity index (χ3v) is 2.54. The first-order valence-electron chi connectivity index (χ1n) is 3.97. The van der Waals surface area contributed by atoms with E-state index in [9.17, 15) is 18.0 Å². The summed E-state index contributed by atoms with van der Waals surface area (Å²) < 4.78 is 42.2. The van der Waals surface area contributed by atoms with Gasteiger partial charge in [0.05, 0.1) is 0 Å². The third kappa shape index (κ3) is 2.98. The highest BCUT2D eigenvalue weighted by atomic mass is 28.4. The van der Waals surface area contributed by atoms with Gasteiger partial charge in [0, 0.05) is 0 Å². The molecular formula is C7H14F3NO2Si. The van der Waals surface area contributed by atoms with Gasteiger partial charge in [0.25, 0.3) is 5.91 Å². The second-order valence-corrected chi connectivity index (χ2v) is 8.54. The van der Waals surface area contributed by atoms with Crippen molar-refractivity contribution in [2.75, 3.05) is 0 Å². The van der Waals surface area contributed by atoms with Crippen molar-refractivity contribution in [1.82, 2.24) is 0 Å². The molecule has 0 aromatic heterocycles. The molecule has 0 aliphatic heterocycles. The largest absolute Gasteiger partial charge is 0.425 e. The Bertz CT molecular complexity index is 236. The highest BCUT2D eigenvalue weighted by molar-refractivity contribution is 6.70. The molecule has 0 aromatic rings. The Balaban J connectivity index is 5.04. The van der Waals surface area contributed by atoms with Crippen LogP contribution in [0.15, 0.2) is 0 Å². The summed E-state index contributed by atoms with van der Waals surface area (Å²) >= 11 is 0. The van der Waals surface area contributed by atoms with E-state index in [0.29, 0.717) is 6.92 Å². The zero-order valence-corrected chi connectivity index (χ0v) is 9.53. The highest BCUT2D eigenvalue weighted by Gasteiger charge is 2.58. The number of alkyl halides is 3. The minimum absolute atomic E-state index is 0.660. The van der Waals surface area contributed by atoms with Gasteiger partial charge >= 0.3 is 6.18 Å². The molecule has 0 rings (SSSR count). The van der Waals surface area contributed by atoms with Gasteiger partial charge in [0.2, 0.25) is 5.60 Å². The van der Waals surface area contributed by atoms with Crippen LogP contribution >= 0.6 is 0 Å². The van der Waals surface area contributed by atoms with E-state index in [1.807, 2.05) is 0 Å². The summed E-state index contributed by atoms with van der Waals surface area (Å²) in [6.07, 6.45) is -4.78. The van der Waals surface area contributed by atoms with Gasteiger partial charge in [-0.25, -0.2) is 0 Å². The van der Waals surface area contributed by atoms with E-state index in [-0.39, 0.29) is 0 Å². The van der Waals surface area contributed by atoms with Gasteiger partial charge < -0.3 is 10.2 Å². The first kappa shape index (κ1) is 13.4. The van der Waals surface area contributed by atoms with Crippen molar-refractivity contribution >= 4 is 14.2 Å². The van der Waals surface area contributed by atoms with Crippen LogP contribution < -0.4 is 5.73 Å². The first-order valence-corrected chi connectivity index (χ1v) is 7.38. The molecule has 0 saturated carbocycles. The molecule has 7 heteroatoms. The maximum Gasteiger partial charge on any atom is 0.425 e. The summed E-state index contributed by atoms with van der Waals surface area (Å²) in [6.45, 7) is 5.33. The molecule has 1 unspecified atom stereocenters. The minimum atomic E-state index is -4.78. The fourth-order valence-corrected chi connectivity index (χ4v) is 2.30. The lowest BCUT2D eigenvalue weighted by Crippen LogP contribution is -2.59. The molecule has 84 valence electrons. The normalized spacial score (nSPS) is 17.6. The number of amides is 1. The fraction of sp³-hybridized carbons (Fsp3) is 0.857. The van der Waals surface area contributed by atoms with Crippen molar-refractivity contribution in [2.45, 2.75) is 38.3 Å². The van der Waals surface area contributed by atoms with Gasteiger partial charge in [-0.15, -0.1) is 0 Å². The van der Waals surface area contributed by atoms with Gasteiger partial charge in [-0.05, 0) is 26.6 Å². The molecule has 0 fully saturated rings. The Kier molecular flexibility index (Phi) is 3.40. The van der Waals surface area contributed by atoms with Gasteiger partial charge in [0.15, 0.2) is 8.32 Å². The Morgan fingerprint density at radius 3 is 1.71 bits per heavy atom. The van der Waals surface area contributed by atoms with Gasteiger partial charge in [0.1, 0.15) is 0 Å². The van der Waals surface area contributed by atoms with E-state index in [2.05, 4.69) is 0 Å². The third-order valence-electron chi connectivity index (χ3n) is 1.52. The van der Waals surface area contributed by atoms with Crippen molar-refractivity contribution in [3.05, 3.63) is 0 Å². The van der Waals surface area contributed by atoms with Crippen LogP contribution in [-0.4, -0.2) is 26.0 Å². The Morgan fingerprint density at radius 1 is 1.29 bits per heavy atom. The number of nitrogens with two attached hydrogens (primary N) is 1. The molecule has 1 amide bonds. The second-order valence-electron chi connectivity index (χ2n) is 4.11. The zero-order chi connectivity index (χ0) is 11.8. The van der Waals surface area contributed by atoms with E-state index in [1.54, 1.807) is 19.6 Å². The summed E-state index contributed by atoms with van der Waals surface area (Å²) in [5, 5.41) is 0. The predicted molar refractivity (Wildman–Crippen MR) is 48.1 cm³/mol. The maximum atomic E-state index is 12.5. The van der Waals surface area contributed by atoms with Crippen LogP contribution in [0.1, 0.15) is 6.92 Å². The monoisotopic (exact) mass is 229 g/mol. The number of carbonyl (C=O) groups is 1. The molecule has 14 heavy (non-hydrogen) atoms. The standard InChI is InChI=1S/C7H14F3NO2Si/c1-6(5(11)12,7(8,9)10)13-14(2,3)4/h1-4H3,(H2,11,12). The van der Waals surface area contributed by atoms with Gasteiger partial charge in [-0.1, -0.05) is 0 Å². The minimum Gasteiger partial charge on any atom is -0.397 e. The fourth-order valence-electron chi connectivity index (χ4n) is 0.860. The molecule has 0 aliphatic carbocycles. The smallest absolute Gasteiger partial charge is 0.397 e. The number of rotatable bonds is 3. The van der Waals surface area contributed by atoms with E-state index in [1.165, 1.54) is 0 Å². The summed E-state index contributed by atoms with van der Waals surface area (Å²) in [6, 6.07) is 0. The quantitative estimate of drug-likeness (QED) is 0.748. The molecule has 2 N–H and O–H groups in total. The Labute approximate surface area is 81.5 Å². The molecule has 1 atom stereocenters. The number of hydrogen-bond donors (Lipinski definition) is 1.